The third-order valence-electron chi connectivity index (χ3n) is 2.77. The monoisotopic (exact) mass is 280 g/mol. The third kappa shape index (κ3) is 5.39. The number of likely N-dealkylation sites (tertiary alicyclic amines) is 1. The van der Waals surface area contributed by atoms with Crippen LogP contribution in [0.15, 0.2) is 4.99 Å². The minimum Gasteiger partial charge on any atom is -0.444 e. The summed E-state index contributed by atoms with van der Waals surface area (Å²) in [6, 6.07) is 0.0641. The molecule has 0 aliphatic carbocycles. The molecule has 0 bridgehead atoms. The summed E-state index contributed by atoms with van der Waals surface area (Å²) in [4.78, 5) is 17.9. The summed E-state index contributed by atoms with van der Waals surface area (Å²) in [5, 5.41) is 5.94. The zero-order valence-corrected chi connectivity index (χ0v) is 12.7. The van der Waals surface area contributed by atoms with Gasteiger partial charge in [-0.05, 0) is 27.2 Å². The van der Waals surface area contributed by atoms with Gasteiger partial charge in [-0.15, -0.1) is 6.42 Å². The van der Waals surface area contributed by atoms with E-state index in [-0.39, 0.29) is 12.1 Å². The Bertz CT molecular complexity index is 406. The summed E-state index contributed by atoms with van der Waals surface area (Å²) in [5.74, 6) is 3.28. The second-order valence-corrected chi connectivity index (χ2v) is 5.68. The van der Waals surface area contributed by atoms with Crippen molar-refractivity contribution >= 4 is 12.1 Å². The van der Waals surface area contributed by atoms with Gasteiger partial charge in [-0.1, -0.05) is 5.92 Å². The maximum Gasteiger partial charge on any atom is 0.407 e. The van der Waals surface area contributed by atoms with Gasteiger partial charge in [0.25, 0.3) is 0 Å². The molecule has 2 N–H and O–H groups in total. The maximum absolute atomic E-state index is 11.7. The molecule has 1 saturated heterocycles. The molecule has 0 aromatic rings. The Morgan fingerprint density at radius 2 is 2.25 bits per heavy atom. The first-order valence-electron chi connectivity index (χ1n) is 6.74. The average molecular weight is 280 g/mol. The molecule has 0 radical (unpaired) electrons. The molecule has 6 heteroatoms. The molecule has 1 heterocycles. The van der Waals surface area contributed by atoms with Gasteiger partial charge in [0.1, 0.15) is 5.60 Å². The number of alkyl carbamates (subject to hydrolysis) is 1. The molecule has 1 rings (SSSR count). The lowest BCUT2D eigenvalue weighted by atomic mass is 10.2. The van der Waals surface area contributed by atoms with Crippen molar-refractivity contribution in [3.8, 4) is 12.3 Å². The summed E-state index contributed by atoms with van der Waals surface area (Å²) in [5.41, 5.74) is -0.479. The topological polar surface area (TPSA) is 66.0 Å². The molecule has 1 amide bonds. The molecule has 1 aliphatic rings. The molecule has 0 saturated carbocycles. The van der Waals surface area contributed by atoms with Gasteiger partial charge in [0, 0.05) is 20.1 Å². The number of rotatable bonds is 2. The highest BCUT2D eigenvalue weighted by molar-refractivity contribution is 5.80. The number of aliphatic imine (C=N–C) groups is 1. The lowest BCUT2D eigenvalue weighted by Crippen LogP contribution is -2.44. The summed E-state index contributed by atoms with van der Waals surface area (Å²) in [7, 11) is 1.72. The van der Waals surface area contributed by atoms with Gasteiger partial charge in [-0.2, -0.15) is 0 Å². The molecule has 1 unspecified atom stereocenters. The van der Waals surface area contributed by atoms with Crippen molar-refractivity contribution in [2.24, 2.45) is 4.99 Å². The van der Waals surface area contributed by atoms with Crippen LogP contribution in [0.1, 0.15) is 27.2 Å². The predicted molar refractivity (Wildman–Crippen MR) is 79.5 cm³/mol. The van der Waals surface area contributed by atoms with E-state index >= 15 is 0 Å². The number of ether oxygens (including phenoxy) is 1. The number of carbonyl (C=O) groups is 1. The molecule has 1 fully saturated rings. The van der Waals surface area contributed by atoms with Crippen molar-refractivity contribution in [3.63, 3.8) is 0 Å². The first-order chi connectivity index (χ1) is 9.35. The van der Waals surface area contributed by atoms with Crippen molar-refractivity contribution in [2.75, 3.05) is 26.7 Å². The molecular weight excluding hydrogens is 256 g/mol. The van der Waals surface area contributed by atoms with Crippen LogP contribution < -0.4 is 10.6 Å². The highest BCUT2D eigenvalue weighted by Gasteiger charge is 2.27. The zero-order valence-electron chi connectivity index (χ0n) is 12.7. The minimum atomic E-state index is -0.479. The number of carbonyl (C=O) groups excluding carboxylic acids is 1. The Morgan fingerprint density at radius 1 is 1.55 bits per heavy atom. The number of terminal acetylenes is 1. The van der Waals surface area contributed by atoms with Crippen LogP contribution in [0.4, 0.5) is 4.79 Å². The van der Waals surface area contributed by atoms with Crippen LogP contribution in [0.5, 0.6) is 0 Å². The smallest absolute Gasteiger partial charge is 0.407 e. The van der Waals surface area contributed by atoms with E-state index in [0.717, 1.165) is 18.9 Å². The number of amides is 1. The summed E-state index contributed by atoms with van der Waals surface area (Å²) >= 11 is 0. The molecular formula is C14H24N4O2. The molecule has 1 aliphatic heterocycles. The predicted octanol–water partition coefficient (Wildman–Crippen LogP) is 0.794. The number of guanidine groups is 1. The van der Waals surface area contributed by atoms with Crippen LogP contribution in [0.3, 0.4) is 0 Å². The van der Waals surface area contributed by atoms with E-state index < -0.39 is 5.60 Å². The van der Waals surface area contributed by atoms with Gasteiger partial charge >= 0.3 is 6.09 Å². The van der Waals surface area contributed by atoms with Gasteiger partial charge in [-0.25, -0.2) is 4.79 Å². The van der Waals surface area contributed by atoms with Crippen molar-refractivity contribution in [1.29, 1.82) is 0 Å². The number of hydrogen-bond acceptors (Lipinski definition) is 3. The largest absolute Gasteiger partial charge is 0.444 e. The maximum atomic E-state index is 11.7. The Balaban J connectivity index is 2.43. The lowest BCUT2D eigenvalue weighted by molar-refractivity contribution is 0.0507. The van der Waals surface area contributed by atoms with Crippen molar-refractivity contribution < 1.29 is 9.53 Å². The zero-order chi connectivity index (χ0) is 15.2. The normalized spacial score (nSPS) is 19.4. The van der Waals surface area contributed by atoms with Gasteiger partial charge < -0.3 is 20.3 Å². The second kappa shape index (κ2) is 7.04. The van der Waals surface area contributed by atoms with Crippen LogP contribution in [-0.2, 0) is 4.74 Å². The Labute approximate surface area is 121 Å². The summed E-state index contributed by atoms with van der Waals surface area (Å²) < 4.78 is 5.25. The van der Waals surface area contributed by atoms with E-state index in [1.807, 2.05) is 20.8 Å². The Morgan fingerprint density at radius 3 is 2.80 bits per heavy atom. The van der Waals surface area contributed by atoms with E-state index in [0.29, 0.717) is 13.1 Å². The average Bonchev–Trinajstić information content (AvgIpc) is 2.76. The molecule has 0 aromatic carbocycles. The summed E-state index contributed by atoms with van der Waals surface area (Å²) in [6.07, 6.45) is 5.70. The van der Waals surface area contributed by atoms with E-state index in [1.54, 1.807) is 7.05 Å². The van der Waals surface area contributed by atoms with Crippen LogP contribution in [-0.4, -0.2) is 55.3 Å². The van der Waals surface area contributed by atoms with Gasteiger partial charge in [0.2, 0.25) is 0 Å². The van der Waals surface area contributed by atoms with E-state index in [1.165, 1.54) is 0 Å². The van der Waals surface area contributed by atoms with Gasteiger partial charge in [0.15, 0.2) is 5.96 Å². The fourth-order valence-electron chi connectivity index (χ4n) is 2.01. The van der Waals surface area contributed by atoms with E-state index in [9.17, 15) is 4.79 Å². The number of hydrogen-bond donors (Lipinski definition) is 2. The van der Waals surface area contributed by atoms with Crippen LogP contribution in [0.25, 0.3) is 0 Å². The van der Waals surface area contributed by atoms with Gasteiger partial charge in [-0.3, -0.25) is 4.99 Å². The van der Waals surface area contributed by atoms with Crippen molar-refractivity contribution in [3.05, 3.63) is 0 Å². The minimum absolute atomic E-state index is 0.0641. The molecule has 0 aromatic heterocycles. The lowest BCUT2D eigenvalue weighted by Gasteiger charge is -2.23. The Hall–Kier alpha value is -1.90. The number of nitrogens with one attached hydrogen (secondary N) is 2. The number of nitrogens with zero attached hydrogens (tertiary/aromatic N) is 2. The molecule has 112 valence electrons. The van der Waals surface area contributed by atoms with E-state index in [2.05, 4.69) is 26.4 Å². The van der Waals surface area contributed by atoms with Gasteiger partial charge in [0.05, 0.1) is 12.6 Å². The third-order valence-corrected chi connectivity index (χ3v) is 2.77. The molecule has 20 heavy (non-hydrogen) atoms. The fraction of sp³-hybridized carbons (Fsp3) is 0.714. The first kappa shape index (κ1) is 16.2. The quantitative estimate of drug-likeness (QED) is 0.446. The summed E-state index contributed by atoms with van der Waals surface area (Å²) in [6.45, 7) is 7.50. The van der Waals surface area contributed by atoms with Crippen LogP contribution in [0, 0.1) is 12.3 Å². The first-order valence-corrected chi connectivity index (χ1v) is 6.74. The SMILES string of the molecule is C#CCNC(=NC)N1CCC(NC(=O)OC(C)(C)C)C1. The molecule has 1 atom stereocenters. The van der Waals surface area contributed by atoms with Crippen molar-refractivity contribution in [2.45, 2.75) is 38.8 Å². The van der Waals surface area contributed by atoms with Crippen LogP contribution in [0.2, 0.25) is 0 Å². The standard InChI is InChI=1S/C14H24N4O2/c1-6-8-16-12(15-5)18-9-7-11(10-18)17-13(19)20-14(2,3)4/h1,11H,7-10H2,2-5H3,(H,15,16)(H,17,19). The fourth-order valence-corrected chi connectivity index (χ4v) is 2.01. The highest BCUT2D eigenvalue weighted by atomic mass is 16.6. The Kier molecular flexibility index (Phi) is 5.68. The van der Waals surface area contributed by atoms with Crippen molar-refractivity contribution in [1.82, 2.24) is 15.5 Å². The highest BCUT2D eigenvalue weighted by Crippen LogP contribution is 2.11. The molecule has 6 nitrogen and oxygen atoms in total. The van der Waals surface area contributed by atoms with E-state index in [4.69, 9.17) is 11.2 Å². The second-order valence-electron chi connectivity index (χ2n) is 5.68. The van der Waals surface area contributed by atoms with Crippen LogP contribution >= 0.6 is 0 Å². The molecule has 0 spiro atoms.